The summed E-state index contributed by atoms with van der Waals surface area (Å²) in [7, 11) is 1.43. The number of benzene rings is 1. The van der Waals surface area contributed by atoms with E-state index in [1.807, 2.05) is 12.1 Å². The number of esters is 1. The van der Waals surface area contributed by atoms with Gasteiger partial charge in [-0.15, -0.1) is 0 Å². The van der Waals surface area contributed by atoms with Gasteiger partial charge in [-0.05, 0) is 66.7 Å². The molecule has 0 saturated heterocycles. The number of fused-ring (bicyclic) bond motifs is 3. The maximum atomic E-state index is 12.0. The summed E-state index contributed by atoms with van der Waals surface area (Å²) in [5.41, 5.74) is 3.45. The summed E-state index contributed by atoms with van der Waals surface area (Å²) < 4.78 is 4.87. The van der Waals surface area contributed by atoms with Crippen molar-refractivity contribution in [3.8, 4) is 0 Å². The molecule has 1 saturated carbocycles. The normalized spacial score (nSPS) is 26.9. The second kappa shape index (κ2) is 6.46. The molecular formula is C20H26O3. The Bertz CT molecular complexity index is 619. The van der Waals surface area contributed by atoms with E-state index in [0.29, 0.717) is 23.7 Å². The number of hydrogen-bond acceptors (Lipinski definition) is 3. The molecule has 0 bridgehead atoms. The molecule has 2 aliphatic carbocycles. The van der Waals surface area contributed by atoms with Crippen LogP contribution in [0.1, 0.15) is 73.4 Å². The summed E-state index contributed by atoms with van der Waals surface area (Å²) in [4.78, 5) is 23.9. The Morgan fingerprint density at radius 3 is 2.91 bits per heavy atom. The van der Waals surface area contributed by atoms with Gasteiger partial charge in [0, 0.05) is 12.8 Å². The molecule has 3 nitrogen and oxygen atoms in total. The molecule has 0 unspecified atom stereocenters. The zero-order chi connectivity index (χ0) is 16.4. The summed E-state index contributed by atoms with van der Waals surface area (Å²) in [6.07, 6.45) is 7.88. The Morgan fingerprint density at radius 1 is 1.35 bits per heavy atom. The lowest BCUT2D eigenvalue weighted by Crippen LogP contribution is -2.40. The lowest BCUT2D eigenvalue weighted by molar-refractivity contribution is -0.123. The molecular weight excluding hydrogens is 288 g/mol. The Hall–Kier alpha value is -1.64. The minimum absolute atomic E-state index is 0.128. The van der Waals surface area contributed by atoms with Crippen molar-refractivity contribution >= 4 is 11.8 Å². The summed E-state index contributed by atoms with van der Waals surface area (Å²) in [6.45, 7) is 2.23. The quantitative estimate of drug-likeness (QED) is 0.785. The minimum atomic E-state index is -0.267. The Balaban J connectivity index is 2.08. The van der Waals surface area contributed by atoms with E-state index >= 15 is 0 Å². The number of methoxy groups -OCH3 is 1. The number of carbonyl (C=O) groups excluding carboxylic acids is 2. The topological polar surface area (TPSA) is 43.4 Å². The van der Waals surface area contributed by atoms with E-state index in [1.165, 1.54) is 18.2 Å². The predicted molar refractivity (Wildman–Crippen MR) is 89.7 cm³/mol. The molecule has 2 aliphatic rings. The van der Waals surface area contributed by atoms with Crippen molar-refractivity contribution in [2.45, 2.75) is 63.7 Å². The second-order valence-corrected chi connectivity index (χ2v) is 7.10. The number of ketones is 1. The third-order valence-corrected chi connectivity index (χ3v) is 5.86. The van der Waals surface area contributed by atoms with Crippen LogP contribution in [0.2, 0.25) is 0 Å². The van der Waals surface area contributed by atoms with E-state index in [1.54, 1.807) is 0 Å². The third kappa shape index (κ3) is 2.82. The lowest BCUT2D eigenvalue weighted by Gasteiger charge is -2.44. The molecule has 1 aromatic carbocycles. The fourth-order valence-corrected chi connectivity index (χ4v) is 4.85. The van der Waals surface area contributed by atoms with E-state index in [-0.39, 0.29) is 11.4 Å². The molecule has 1 aromatic rings. The van der Waals surface area contributed by atoms with Crippen LogP contribution < -0.4 is 0 Å². The molecule has 0 amide bonds. The van der Waals surface area contributed by atoms with Gasteiger partial charge >= 0.3 is 5.97 Å². The van der Waals surface area contributed by atoms with Crippen molar-refractivity contribution in [3.63, 3.8) is 0 Å². The number of rotatable bonds is 3. The Labute approximate surface area is 138 Å². The fourth-order valence-electron chi connectivity index (χ4n) is 4.85. The summed E-state index contributed by atoms with van der Waals surface area (Å²) in [5.74, 6) is 0.627. The number of Topliss-reactive ketones (excluding diaryl/α,β-unsaturated/α-hetero) is 1. The first-order valence-electron chi connectivity index (χ1n) is 8.84. The first kappa shape index (κ1) is 16.2. The highest BCUT2D eigenvalue weighted by molar-refractivity contribution is 5.89. The molecule has 23 heavy (non-hydrogen) atoms. The average molecular weight is 314 g/mol. The number of aryl methyl sites for hydroxylation is 1. The molecule has 3 heteroatoms. The van der Waals surface area contributed by atoms with Crippen LogP contribution >= 0.6 is 0 Å². The molecule has 1 fully saturated rings. The maximum Gasteiger partial charge on any atom is 0.337 e. The number of ether oxygens (including phenoxy) is 1. The van der Waals surface area contributed by atoms with Gasteiger partial charge in [0.25, 0.3) is 0 Å². The smallest absolute Gasteiger partial charge is 0.337 e. The van der Waals surface area contributed by atoms with Gasteiger partial charge < -0.3 is 4.74 Å². The summed E-state index contributed by atoms with van der Waals surface area (Å²) in [5, 5.41) is 0. The minimum Gasteiger partial charge on any atom is -0.465 e. The van der Waals surface area contributed by atoms with E-state index in [9.17, 15) is 9.59 Å². The van der Waals surface area contributed by atoms with E-state index in [0.717, 1.165) is 44.9 Å². The van der Waals surface area contributed by atoms with Crippen molar-refractivity contribution in [2.24, 2.45) is 5.92 Å². The molecule has 0 radical (unpaired) electrons. The maximum absolute atomic E-state index is 12.0. The highest BCUT2D eigenvalue weighted by atomic mass is 16.5. The van der Waals surface area contributed by atoms with Gasteiger partial charge in [-0.1, -0.05) is 19.4 Å². The molecule has 0 aromatic heterocycles. The van der Waals surface area contributed by atoms with Crippen LogP contribution in [-0.2, 0) is 21.4 Å². The average Bonchev–Trinajstić information content (AvgIpc) is 2.71. The van der Waals surface area contributed by atoms with E-state index in [2.05, 4.69) is 13.0 Å². The van der Waals surface area contributed by atoms with Crippen LogP contribution in [0.15, 0.2) is 18.2 Å². The lowest BCUT2D eigenvalue weighted by atomic mass is 9.59. The standard InChI is InChI=1S/C20H26O3/c1-3-10-20-11-9-17(21)13-16(20)6-4-5-14-12-15(19(22)23-2)7-8-18(14)20/h7-8,12,16H,3-6,9-11,13H2,1-2H3/t16-,20+/m0/s1. The molecule has 124 valence electrons. The summed E-state index contributed by atoms with van der Waals surface area (Å²) >= 11 is 0. The van der Waals surface area contributed by atoms with Crippen LogP contribution in [0.5, 0.6) is 0 Å². The zero-order valence-corrected chi connectivity index (χ0v) is 14.2. The largest absolute Gasteiger partial charge is 0.465 e. The van der Waals surface area contributed by atoms with Crippen molar-refractivity contribution < 1.29 is 14.3 Å². The van der Waals surface area contributed by atoms with E-state index < -0.39 is 0 Å². The Morgan fingerprint density at radius 2 is 2.17 bits per heavy atom. The molecule has 0 N–H and O–H groups in total. The molecule has 3 rings (SSSR count). The van der Waals surface area contributed by atoms with Crippen LogP contribution in [-0.4, -0.2) is 18.9 Å². The molecule has 0 heterocycles. The molecule has 0 aliphatic heterocycles. The fraction of sp³-hybridized carbons (Fsp3) is 0.600. The van der Waals surface area contributed by atoms with Gasteiger partial charge in [0.15, 0.2) is 0 Å². The first-order valence-corrected chi connectivity index (χ1v) is 8.84. The number of hydrogen-bond donors (Lipinski definition) is 0. The van der Waals surface area contributed by atoms with Gasteiger partial charge in [0.1, 0.15) is 5.78 Å². The second-order valence-electron chi connectivity index (χ2n) is 7.10. The van der Waals surface area contributed by atoms with Gasteiger partial charge in [0.2, 0.25) is 0 Å². The van der Waals surface area contributed by atoms with Crippen LogP contribution in [0.25, 0.3) is 0 Å². The van der Waals surface area contributed by atoms with Crippen molar-refractivity contribution in [3.05, 3.63) is 34.9 Å². The molecule has 0 spiro atoms. The highest BCUT2D eigenvalue weighted by Crippen LogP contribution is 2.51. The SMILES string of the molecule is CCC[C@@]12CCC(=O)C[C@@H]1CCCc1cc(C(=O)OC)ccc12. The van der Waals surface area contributed by atoms with Gasteiger partial charge in [-0.2, -0.15) is 0 Å². The molecule has 2 atom stereocenters. The third-order valence-electron chi connectivity index (χ3n) is 5.86. The van der Waals surface area contributed by atoms with Crippen molar-refractivity contribution in [1.29, 1.82) is 0 Å². The van der Waals surface area contributed by atoms with Crippen LogP contribution in [0.4, 0.5) is 0 Å². The van der Waals surface area contributed by atoms with Gasteiger partial charge in [0.05, 0.1) is 12.7 Å². The number of carbonyl (C=O) groups is 2. The van der Waals surface area contributed by atoms with Crippen LogP contribution in [0.3, 0.4) is 0 Å². The zero-order valence-electron chi connectivity index (χ0n) is 14.2. The Kier molecular flexibility index (Phi) is 4.56. The van der Waals surface area contributed by atoms with Gasteiger partial charge in [-0.3, -0.25) is 4.79 Å². The van der Waals surface area contributed by atoms with E-state index in [4.69, 9.17) is 4.74 Å². The highest BCUT2D eigenvalue weighted by Gasteiger charge is 2.45. The van der Waals surface area contributed by atoms with Crippen molar-refractivity contribution in [1.82, 2.24) is 0 Å². The monoisotopic (exact) mass is 314 g/mol. The van der Waals surface area contributed by atoms with Crippen molar-refractivity contribution in [2.75, 3.05) is 7.11 Å². The predicted octanol–water partition coefficient (Wildman–Crippen LogP) is 4.22. The summed E-state index contributed by atoms with van der Waals surface area (Å²) in [6, 6.07) is 6.07. The van der Waals surface area contributed by atoms with Crippen LogP contribution in [0, 0.1) is 5.92 Å². The van der Waals surface area contributed by atoms with Gasteiger partial charge in [-0.25, -0.2) is 4.79 Å². The first-order chi connectivity index (χ1) is 11.1.